The number of carbonyl (C=O) groups excluding carboxylic acids is 2. The molecule has 0 spiro atoms. The Kier molecular flexibility index (Phi) is 6.85. The molecule has 1 heterocycles. The molecule has 0 aromatic rings. The lowest BCUT2D eigenvalue weighted by molar-refractivity contribution is -0.442. The fourth-order valence-electron chi connectivity index (χ4n) is 2.60. The maximum Gasteiger partial charge on any atom is 0.460 e. The lowest BCUT2D eigenvalue weighted by Gasteiger charge is -2.41. The second kappa shape index (κ2) is 7.81. The van der Waals surface area contributed by atoms with Gasteiger partial charge in [0.1, 0.15) is 12.5 Å². The van der Waals surface area contributed by atoms with Gasteiger partial charge in [-0.3, -0.25) is 4.79 Å². The van der Waals surface area contributed by atoms with Crippen LogP contribution in [0.4, 0.5) is 61.9 Å². The Morgan fingerprint density at radius 3 is 1.59 bits per heavy atom. The molecule has 188 valence electrons. The van der Waals surface area contributed by atoms with Crippen LogP contribution in [0.3, 0.4) is 0 Å². The average Bonchev–Trinajstić information content (AvgIpc) is 3.00. The quantitative estimate of drug-likeness (QED) is 0.440. The zero-order valence-corrected chi connectivity index (χ0v) is 16.0. The van der Waals surface area contributed by atoms with Gasteiger partial charge in [0.25, 0.3) is 0 Å². The summed E-state index contributed by atoms with van der Waals surface area (Å²) in [5.41, 5.74) is 0. The Morgan fingerprint density at radius 2 is 1.22 bits per heavy atom. The topological polar surface area (TPSA) is 46.6 Å². The zero-order chi connectivity index (χ0) is 25.9. The van der Waals surface area contributed by atoms with Gasteiger partial charge in [0.15, 0.2) is 0 Å². The van der Waals surface area contributed by atoms with Crippen LogP contribution in [0.25, 0.3) is 0 Å². The summed E-state index contributed by atoms with van der Waals surface area (Å²) in [4.78, 5) is 23.5. The predicted octanol–water partition coefficient (Wildman–Crippen LogP) is 5.36. The number of alkyl halides is 13. The van der Waals surface area contributed by atoms with Crippen molar-refractivity contribution in [3.05, 3.63) is 0 Å². The van der Waals surface area contributed by atoms with E-state index in [1.54, 1.807) is 0 Å². The molecule has 1 aliphatic heterocycles. The van der Waals surface area contributed by atoms with Crippen molar-refractivity contribution in [1.82, 2.24) is 4.90 Å². The van der Waals surface area contributed by atoms with Gasteiger partial charge in [-0.1, -0.05) is 13.8 Å². The molecule has 2 amide bonds. The zero-order valence-electron chi connectivity index (χ0n) is 16.0. The highest BCUT2D eigenvalue weighted by Gasteiger charge is 2.91. The minimum absolute atomic E-state index is 0.181. The lowest BCUT2D eigenvalue weighted by Crippen LogP contribution is -2.71. The molecule has 17 heteroatoms. The molecule has 1 rings (SSSR count). The summed E-state index contributed by atoms with van der Waals surface area (Å²) in [6, 6.07) is -1.38. The van der Waals surface area contributed by atoms with Gasteiger partial charge in [0, 0.05) is 0 Å². The van der Waals surface area contributed by atoms with E-state index >= 15 is 0 Å². The minimum Gasteiger partial charge on any atom is -0.447 e. The standard InChI is InChI=1S/C15H14F13NO3/c1-5(2)7-4-32-9(31)29(7)8(30)6(3)10(16,17)11(18,19)12(20,21)13(22,23)14(24,25)15(26,27)28/h5-7H,4H2,1-3H3/t6-,7-/m1/s1. The van der Waals surface area contributed by atoms with E-state index in [1.807, 2.05) is 0 Å². The van der Waals surface area contributed by atoms with E-state index in [2.05, 4.69) is 4.74 Å². The van der Waals surface area contributed by atoms with Crippen LogP contribution in [0.15, 0.2) is 0 Å². The number of nitrogens with zero attached hydrogens (tertiary/aromatic N) is 1. The summed E-state index contributed by atoms with van der Waals surface area (Å²) >= 11 is 0. The van der Waals surface area contributed by atoms with Crippen LogP contribution in [0, 0.1) is 11.8 Å². The molecule has 4 nitrogen and oxygen atoms in total. The van der Waals surface area contributed by atoms with Gasteiger partial charge >= 0.3 is 41.9 Å². The largest absolute Gasteiger partial charge is 0.460 e. The molecule has 0 aromatic carbocycles. The van der Waals surface area contributed by atoms with Crippen LogP contribution in [0.2, 0.25) is 0 Å². The van der Waals surface area contributed by atoms with E-state index in [9.17, 15) is 66.7 Å². The second-order valence-corrected chi connectivity index (χ2v) is 7.24. The van der Waals surface area contributed by atoms with E-state index in [4.69, 9.17) is 0 Å². The number of hydrogen-bond acceptors (Lipinski definition) is 3. The first-order valence-electron chi connectivity index (χ1n) is 8.36. The Bertz CT molecular complexity index is 747. The number of rotatable bonds is 7. The third-order valence-corrected chi connectivity index (χ3v) is 4.78. The Balaban J connectivity index is 3.47. The summed E-state index contributed by atoms with van der Waals surface area (Å²) in [7, 11) is 0. The van der Waals surface area contributed by atoms with Gasteiger partial charge in [-0.25, -0.2) is 9.69 Å². The number of hydrogen-bond donors (Lipinski definition) is 0. The molecule has 0 bridgehead atoms. The van der Waals surface area contributed by atoms with Gasteiger partial charge in [0.2, 0.25) is 5.91 Å². The predicted molar refractivity (Wildman–Crippen MR) is 76.8 cm³/mol. The van der Waals surface area contributed by atoms with Crippen LogP contribution >= 0.6 is 0 Å². The van der Waals surface area contributed by atoms with Crippen molar-refractivity contribution in [2.24, 2.45) is 11.8 Å². The maximum atomic E-state index is 14.2. The van der Waals surface area contributed by atoms with Crippen molar-refractivity contribution in [2.45, 2.75) is 62.6 Å². The molecular weight excluding hydrogens is 489 g/mol. The summed E-state index contributed by atoms with van der Waals surface area (Å²) in [5.74, 6) is -45.1. The van der Waals surface area contributed by atoms with E-state index in [0.29, 0.717) is 0 Å². The molecule has 0 saturated carbocycles. The van der Waals surface area contributed by atoms with Crippen LogP contribution in [-0.2, 0) is 9.53 Å². The smallest absolute Gasteiger partial charge is 0.447 e. The van der Waals surface area contributed by atoms with Crippen molar-refractivity contribution in [2.75, 3.05) is 6.61 Å². The number of halogens is 13. The molecule has 1 fully saturated rings. The highest BCUT2D eigenvalue weighted by molar-refractivity contribution is 5.95. The number of imide groups is 1. The molecule has 0 aromatic heterocycles. The Labute approximate surface area is 170 Å². The van der Waals surface area contributed by atoms with Gasteiger partial charge in [-0.15, -0.1) is 0 Å². The molecule has 0 N–H and O–H groups in total. The first-order valence-corrected chi connectivity index (χ1v) is 8.36. The Hall–Kier alpha value is -1.97. The summed E-state index contributed by atoms with van der Waals surface area (Å²) in [5, 5.41) is 0. The molecule has 32 heavy (non-hydrogen) atoms. The van der Waals surface area contributed by atoms with E-state index < -0.39 is 72.3 Å². The van der Waals surface area contributed by atoms with Crippen LogP contribution < -0.4 is 0 Å². The van der Waals surface area contributed by atoms with Crippen molar-refractivity contribution in [3.8, 4) is 0 Å². The van der Waals surface area contributed by atoms with Crippen molar-refractivity contribution < 1.29 is 71.4 Å². The number of cyclic esters (lactones) is 1. The Morgan fingerprint density at radius 1 is 0.812 bits per heavy atom. The summed E-state index contributed by atoms with van der Waals surface area (Å²) in [6.07, 6.45) is -9.21. The summed E-state index contributed by atoms with van der Waals surface area (Å²) < 4.78 is 176. The first-order chi connectivity index (χ1) is 13.9. The van der Waals surface area contributed by atoms with E-state index in [1.165, 1.54) is 13.8 Å². The maximum absolute atomic E-state index is 14.2. The number of amides is 2. The summed E-state index contributed by atoms with van der Waals surface area (Å²) in [6.45, 7) is 1.72. The minimum atomic E-state index is -8.07. The van der Waals surface area contributed by atoms with Gasteiger partial charge in [-0.05, 0) is 12.8 Å². The fourth-order valence-corrected chi connectivity index (χ4v) is 2.60. The first kappa shape index (κ1) is 28.1. The van der Waals surface area contributed by atoms with Gasteiger partial charge < -0.3 is 4.74 Å². The van der Waals surface area contributed by atoms with Crippen molar-refractivity contribution in [1.29, 1.82) is 0 Å². The van der Waals surface area contributed by atoms with Gasteiger partial charge in [-0.2, -0.15) is 57.1 Å². The van der Waals surface area contributed by atoms with Crippen LogP contribution in [0.1, 0.15) is 20.8 Å². The average molecular weight is 503 g/mol. The molecular formula is C15H14F13NO3. The van der Waals surface area contributed by atoms with E-state index in [0.717, 1.165) is 0 Å². The lowest BCUT2D eigenvalue weighted by atomic mass is 9.87. The highest BCUT2D eigenvalue weighted by atomic mass is 19.4. The fraction of sp³-hybridized carbons (Fsp3) is 0.867. The highest BCUT2D eigenvalue weighted by Crippen LogP contribution is 2.61. The molecule has 0 radical (unpaired) electrons. The third-order valence-electron chi connectivity index (χ3n) is 4.78. The van der Waals surface area contributed by atoms with Crippen LogP contribution in [0.5, 0.6) is 0 Å². The monoisotopic (exact) mass is 503 g/mol. The molecule has 2 atom stereocenters. The van der Waals surface area contributed by atoms with E-state index in [-0.39, 0.29) is 11.8 Å². The van der Waals surface area contributed by atoms with Crippen molar-refractivity contribution >= 4 is 12.0 Å². The van der Waals surface area contributed by atoms with Crippen LogP contribution in [-0.4, -0.2) is 65.3 Å². The molecule has 1 aliphatic rings. The molecule has 1 saturated heterocycles. The number of ether oxygens (including phenoxy) is 1. The molecule has 0 unspecified atom stereocenters. The van der Waals surface area contributed by atoms with Gasteiger partial charge in [0.05, 0.1) is 6.04 Å². The second-order valence-electron chi connectivity index (χ2n) is 7.24. The normalized spacial score (nSPS) is 20.6. The SMILES string of the molecule is CC(C)[C@H]1COC(=O)N1C(=O)[C@@H](C)C(F)(F)C(F)(F)C(F)(F)C(F)(F)C(F)(F)C(F)(F)F. The molecule has 0 aliphatic carbocycles. The van der Waals surface area contributed by atoms with Crippen molar-refractivity contribution in [3.63, 3.8) is 0 Å². The third kappa shape index (κ3) is 3.74. The number of carbonyl (C=O) groups is 2.